The molecule has 0 heterocycles. The van der Waals surface area contributed by atoms with Crippen molar-refractivity contribution in [1.29, 1.82) is 0 Å². The summed E-state index contributed by atoms with van der Waals surface area (Å²) in [5, 5.41) is 18.3. The molecule has 1 rings (SSSR count). The highest BCUT2D eigenvalue weighted by atomic mass is 32.2. The standard InChI is InChI=1S/C12H19BO4S/c1-16-6-3-7-18-9-10-8-11(13(14)15)4-5-12(10)17-2/h4-5,8,14-15H,3,6-7,9H2,1-2H3. The highest BCUT2D eigenvalue weighted by Gasteiger charge is 2.13. The van der Waals surface area contributed by atoms with Crippen LogP contribution in [0.25, 0.3) is 0 Å². The lowest BCUT2D eigenvalue weighted by atomic mass is 9.79. The molecule has 1 aromatic carbocycles. The van der Waals surface area contributed by atoms with Gasteiger partial charge in [-0.15, -0.1) is 0 Å². The first-order chi connectivity index (χ1) is 8.69. The summed E-state index contributed by atoms with van der Waals surface area (Å²) in [4.78, 5) is 0. The molecular weight excluding hydrogens is 251 g/mol. The molecule has 0 unspecified atom stereocenters. The number of hydrogen-bond donors (Lipinski definition) is 2. The van der Waals surface area contributed by atoms with Crippen LogP contribution in [0.3, 0.4) is 0 Å². The van der Waals surface area contributed by atoms with E-state index in [1.54, 1.807) is 44.2 Å². The first kappa shape index (κ1) is 15.4. The van der Waals surface area contributed by atoms with Gasteiger partial charge in [-0.05, 0) is 23.7 Å². The summed E-state index contributed by atoms with van der Waals surface area (Å²) in [5.74, 6) is 2.56. The average Bonchev–Trinajstić information content (AvgIpc) is 2.38. The highest BCUT2D eigenvalue weighted by Crippen LogP contribution is 2.22. The van der Waals surface area contributed by atoms with Gasteiger partial charge in [0, 0.05) is 25.0 Å². The van der Waals surface area contributed by atoms with E-state index in [9.17, 15) is 0 Å². The molecule has 6 heteroatoms. The van der Waals surface area contributed by atoms with Crippen molar-refractivity contribution < 1.29 is 19.5 Å². The molecule has 0 amide bonds. The minimum Gasteiger partial charge on any atom is -0.496 e. The van der Waals surface area contributed by atoms with Gasteiger partial charge in [0.05, 0.1) is 7.11 Å². The first-order valence-electron chi connectivity index (χ1n) is 5.78. The molecule has 0 bridgehead atoms. The lowest BCUT2D eigenvalue weighted by Gasteiger charge is -2.10. The van der Waals surface area contributed by atoms with E-state index in [4.69, 9.17) is 19.5 Å². The summed E-state index contributed by atoms with van der Waals surface area (Å²) >= 11 is 1.77. The van der Waals surface area contributed by atoms with E-state index >= 15 is 0 Å². The van der Waals surface area contributed by atoms with Crippen molar-refractivity contribution in [2.75, 3.05) is 26.6 Å². The summed E-state index contributed by atoms with van der Waals surface area (Å²) in [7, 11) is 1.87. The normalized spacial score (nSPS) is 10.4. The number of benzene rings is 1. The molecule has 0 fully saturated rings. The van der Waals surface area contributed by atoms with Crippen molar-refractivity contribution in [3.05, 3.63) is 23.8 Å². The van der Waals surface area contributed by atoms with E-state index < -0.39 is 7.12 Å². The molecule has 0 aliphatic carbocycles. The molecule has 0 saturated carbocycles. The summed E-state index contributed by atoms with van der Waals surface area (Å²) in [6.07, 6.45) is 1.01. The smallest absolute Gasteiger partial charge is 0.488 e. The zero-order valence-corrected chi connectivity index (χ0v) is 11.6. The van der Waals surface area contributed by atoms with E-state index in [0.717, 1.165) is 35.8 Å². The predicted octanol–water partition coefficient (Wildman–Crippen LogP) is 0.645. The Morgan fingerprint density at radius 3 is 2.67 bits per heavy atom. The molecule has 2 N–H and O–H groups in total. The second kappa shape index (κ2) is 8.42. The highest BCUT2D eigenvalue weighted by molar-refractivity contribution is 7.98. The molecule has 0 aliphatic rings. The maximum atomic E-state index is 9.14. The van der Waals surface area contributed by atoms with Crippen LogP contribution in [0.4, 0.5) is 0 Å². The van der Waals surface area contributed by atoms with Crippen LogP contribution in [0.1, 0.15) is 12.0 Å². The van der Waals surface area contributed by atoms with Crippen LogP contribution < -0.4 is 10.2 Å². The second-order valence-corrected chi connectivity index (χ2v) is 4.95. The maximum absolute atomic E-state index is 9.14. The van der Waals surface area contributed by atoms with Crippen LogP contribution in [-0.2, 0) is 10.5 Å². The van der Waals surface area contributed by atoms with Crippen molar-refractivity contribution in [2.24, 2.45) is 0 Å². The topological polar surface area (TPSA) is 58.9 Å². The Hall–Kier alpha value is -0.685. The van der Waals surface area contributed by atoms with Crippen molar-refractivity contribution >= 4 is 24.3 Å². The van der Waals surface area contributed by atoms with E-state index in [1.165, 1.54) is 0 Å². The molecule has 4 nitrogen and oxygen atoms in total. The SMILES string of the molecule is COCCCSCc1cc(B(O)O)ccc1OC. The van der Waals surface area contributed by atoms with E-state index in [1.807, 2.05) is 0 Å². The predicted molar refractivity (Wildman–Crippen MR) is 75.5 cm³/mol. The zero-order chi connectivity index (χ0) is 13.4. The summed E-state index contributed by atoms with van der Waals surface area (Å²) in [6.45, 7) is 0.763. The lowest BCUT2D eigenvalue weighted by molar-refractivity contribution is 0.200. The fourth-order valence-corrected chi connectivity index (χ4v) is 2.47. The van der Waals surface area contributed by atoms with Crippen LogP contribution in [-0.4, -0.2) is 43.7 Å². The average molecular weight is 270 g/mol. The maximum Gasteiger partial charge on any atom is 0.488 e. The van der Waals surface area contributed by atoms with Gasteiger partial charge in [0.1, 0.15) is 5.75 Å². The Balaban J connectivity index is 2.58. The van der Waals surface area contributed by atoms with Gasteiger partial charge in [-0.2, -0.15) is 11.8 Å². The van der Waals surface area contributed by atoms with E-state index in [0.29, 0.717) is 5.46 Å². The van der Waals surface area contributed by atoms with Gasteiger partial charge in [0.2, 0.25) is 0 Å². The molecule has 0 atom stereocenters. The molecule has 0 aliphatic heterocycles. The Labute approximate surface area is 112 Å². The summed E-state index contributed by atoms with van der Waals surface area (Å²) in [5.41, 5.74) is 1.47. The molecule has 0 radical (unpaired) electrons. The molecule has 18 heavy (non-hydrogen) atoms. The molecular formula is C12H19BO4S. The third kappa shape index (κ3) is 4.90. The molecule has 0 saturated heterocycles. The fraction of sp³-hybridized carbons (Fsp3) is 0.500. The van der Waals surface area contributed by atoms with E-state index in [-0.39, 0.29) is 0 Å². The van der Waals surface area contributed by atoms with Gasteiger partial charge < -0.3 is 19.5 Å². The van der Waals surface area contributed by atoms with Crippen molar-refractivity contribution in [3.8, 4) is 5.75 Å². The Morgan fingerprint density at radius 2 is 2.06 bits per heavy atom. The number of methoxy groups -OCH3 is 2. The Morgan fingerprint density at radius 1 is 1.28 bits per heavy atom. The molecule has 0 spiro atoms. The van der Waals surface area contributed by atoms with Crippen molar-refractivity contribution in [3.63, 3.8) is 0 Å². The first-order valence-corrected chi connectivity index (χ1v) is 6.94. The van der Waals surface area contributed by atoms with Gasteiger partial charge in [-0.1, -0.05) is 12.1 Å². The number of thioether (sulfide) groups is 1. The Bertz CT molecular complexity index is 360. The van der Waals surface area contributed by atoms with Crippen LogP contribution in [0, 0.1) is 0 Å². The number of rotatable bonds is 8. The van der Waals surface area contributed by atoms with Gasteiger partial charge in [0.15, 0.2) is 0 Å². The molecule has 0 aromatic heterocycles. The quantitative estimate of drug-likeness (QED) is 0.536. The third-order valence-electron chi connectivity index (χ3n) is 2.50. The van der Waals surface area contributed by atoms with Crippen LogP contribution in [0.5, 0.6) is 5.75 Å². The van der Waals surface area contributed by atoms with Gasteiger partial charge in [0.25, 0.3) is 0 Å². The zero-order valence-electron chi connectivity index (χ0n) is 10.8. The number of hydrogen-bond acceptors (Lipinski definition) is 5. The Kier molecular flexibility index (Phi) is 7.19. The van der Waals surface area contributed by atoms with Crippen molar-refractivity contribution in [2.45, 2.75) is 12.2 Å². The third-order valence-corrected chi connectivity index (χ3v) is 3.59. The summed E-state index contributed by atoms with van der Waals surface area (Å²) in [6, 6.07) is 5.19. The number of ether oxygens (including phenoxy) is 2. The minimum atomic E-state index is -1.44. The second-order valence-electron chi connectivity index (χ2n) is 3.84. The lowest BCUT2D eigenvalue weighted by Crippen LogP contribution is -2.30. The largest absolute Gasteiger partial charge is 0.496 e. The van der Waals surface area contributed by atoms with Crippen LogP contribution in [0.2, 0.25) is 0 Å². The van der Waals surface area contributed by atoms with Crippen LogP contribution in [0.15, 0.2) is 18.2 Å². The fourth-order valence-electron chi connectivity index (χ4n) is 1.56. The monoisotopic (exact) mass is 270 g/mol. The van der Waals surface area contributed by atoms with Crippen molar-refractivity contribution in [1.82, 2.24) is 0 Å². The minimum absolute atomic E-state index is 0.489. The molecule has 1 aromatic rings. The van der Waals surface area contributed by atoms with Gasteiger partial charge in [-0.25, -0.2) is 0 Å². The van der Waals surface area contributed by atoms with Gasteiger partial charge >= 0.3 is 7.12 Å². The van der Waals surface area contributed by atoms with Crippen LogP contribution >= 0.6 is 11.8 Å². The summed E-state index contributed by atoms with van der Waals surface area (Å²) < 4.78 is 10.2. The molecule has 100 valence electrons. The van der Waals surface area contributed by atoms with E-state index in [2.05, 4.69) is 0 Å². The van der Waals surface area contributed by atoms with Gasteiger partial charge in [-0.3, -0.25) is 0 Å².